The number of anilines is 1. The Hall–Kier alpha value is -2.77. The summed E-state index contributed by atoms with van der Waals surface area (Å²) in [6.07, 6.45) is 0. The number of nitrogens with one attached hydrogen (secondary N) is 1. The van der Waals surface area contributed by atoms with Crippen LogP contribution in [0.2, 0.25) is 0 Å². The lowest BCUT2D eigenvalue weighted by atomic mass is 10.1. The molecule has 0 aliphatic carbocycles. The standard InChI is InChI=1S/C18H16N2O4S/c1-12(21)13-4-2-5-14(8-13)19-18(22)11-23-10-15-9-16(24-20-15)17-6-3-7-25-17/h2-9H,10-11H2,1H3,(H,19,22). The molecule has 0 fully saturated rings. The molecule has 3 rings (SSSR count). The average molecular weight is 356 g/mol. The molecule has 0 radical (unpaired) electrons. The van der Waals surface area contributed by atoms with Gasteiger partial charge in [0.2, 0.25) is 5.91 Å². The van der Waals surface area contributed by atoms with E-state index in [1.807, 2.05) is 17.5 Å². The molecular formula is C18H16N2O4S. The zero-order valence-corrected chi connectivity index (χ0v) is 14.3. The summed E-state index contributed by atoms with van der Waals surface area (Å²) in [5.41, 5.74) is 1.72. The first-order valence-corrected chi connectivity index (χ1v) is 8.48. The molecule has 0 atom stereocenters. The molecule has 0 saturated carbocycles. The summed E-state index contributed by atoms with van der Waals surface area (Å²) in [5, 5.41) is 8.57. The molecule has 6 nitrogen and oxygen atoms in total. The van der Waals surface area contributed by atoms with Gasteiger partial charge in [-0.2, -0.15) is 0 Å². The van der Waals surface area contributed by atoms with Gasteiger partial charge in [-0.1, -0.05) is 23.4 Å². The van der Waals surface area contributed by atoms with Gasteiger partial charge in [0.05, 0.1) is 11.5 Å². The van der Waals surface area contributed by atoms with E-state index in [1.54, 1.807) is 41.7 Å². The van der Waals surface area contributed by atoms with Crippen LogP contribution in [0, 0.1) is 0 Å². The second kappa shape index (κ2) is 7.87. The van der Waals surface area contributed by atoms with Crippen molar-refractivity contribution in [2.45, 2.75) is 13.5 Å². The number of rotatable bonds is 7. The van der Waals surface area contributed by atoms with Crippen LogP contribution in [0.5, 0.6) is 0 Å². The fourth-order valence-corrected chi connectivity index (χ4v) is 2.85. The van der Waals surface area contributed by atoms with E-state index in [0.29, 0.717) is 22.7 Å². The van der Waals surface area contributed by atoms with Crippen molar-refractivity contribution in [3.05, 3.63) is 59.1 Å². The SMILES string of the molecule is CC(=O)c1cccc(NC(=O)COCc2cc(-c3cccs3)on2)c1. The number of nitrogens with zero attached hydrogens (tertiary/aromatic N) is 1. The summed E-state index contributed by atoms with van der Waals surface area (Å²) in [7, 11) is 0. The van der Waals surface area contributed by atoms with Gasteiger partial charge in [0.25, 0.3) is 0 Å². The van der Waals surface area contributed by atoms with Crippen LogP contribution in [0.3, 0.4) is 0 Å². The molecule has 0 bridgehead atoms. The minimum absolute atomic E-state index is 0.0556. The van der Waals surface area contributed by atoms with Crippen molar-refractivity contribution in [1.82, 2.24) is 5.16 Å². The number of Topliss-reactive ketones (excluding diaryl/α,β-unsaturated/α-hetero) is 1. The number of hydrogen-bond acceptors (Lipinski definition) is 6. The maximum Gasteiger partial charge on any atom is 0.250 e. The van der Waals surface area contributed by atoms with E-state index in [1.165, 1.54) is 6.92 Å². The molecule has 2 aromatic heterocycles. The fourth-order valence-electron chi connectivity index (χ4n) is 2.18. The predicted octanol–water partition coefficient (Wildman–Crippen LogP) is 3.76. The van der Waals surface area contributed by atoms with Crippen molar-refractivity contribution >= 4 is 28.7 Å². The number of aromatic nitrogens is 1. The average Bonchev–Trinajstić information content (AvgIpc) is 3.26. The van der Waals surface area contributed by atoms with E-state index in [-0.39, 0.29) is 24.9 Å². The third-order valence-corrected chi connectivity index (χ3v) is 4.24. The van der Waals surface area contributed by atoms with E-state index in [4.69, 9.17) is 9.26 Å². The number of amides is 1. The quantitative estimate of drug-likeness (QED) is 0.652. The second-order valence-corrected chi connectivity index (χ2v) is 6.29. The van der Waals surface area contributed by atoms with Gasteiger partial charge in [-0.15, -0.1) is 11.3 Å². The lowest BCUT2D eigenvalue weighted by molar-refractivity contribution is -0.121. The third kappa shape index (κ3) is 4.62. The number of ketones is 1. The highest BCUT2D eigenvalue weighted by Gasteiger charge is 2.09. The Kier molecular flexibility index (Phi) is 5.37. The van der Waals surface area contributed by atoms with Crippen LogP contribution in [-0.2, 0) is 16.1 Å². The van der Waals surface area contributed by atoms with Crippen LogP contribution in [-0.4, -0.2) is 23.5 Å². The molecule has 7 heteroatoms. The largest absolute Gasteiger partial charge is 0.365 e. The summed E-state index contributed by atoms with van der Waals surface area (Å²) >= 11 is 1.56. The first kappa shape index (κ1) is 17.1. The minimum Gasteiger partial charge on any atom is -0.365 e. The third-order valence-electron chi connectivity index (χ3n) is 3.36. The highest BCUT2D eigenvalue weighted by Crippen LogP contribution is 2.25. The van der Waals surface area contributed by atoms with E-state index in [2.05, 4.69) is 10.5 Å². The van der Waals surface area contributed by atoms with Crippen molar-refractivity contribution in [3.8, 4) is 10.6 Å². The van der Waals surface area contributed by atoms with Gasteiger partial charge >= 0.3 is 0 Å². The first-order valence-electron chi connectivity index (χ1n) is 7.60. The van der Waals surface area contributed by atoms with Crippen LogP contribution in [0.25, 0.3) is 10.6 Å². The summed E-state index contributed by atoms with van der Waals surface area (Å²) < 4.78 is 10.6. The zero-order valence-electron chi connectivity index (χ0n) is 13.5. The van der Waals surface area contributed by atoms with Crippen molar-refractivity contribution in [2.24, 2.45) is 0 Å². The summed E-state index contributed by atoms with van der Waals surface area (Å²) in [4.78, 5) is 24.2. The predicted molar refractivity (Wildman–Crippen MR) is 94.5 cm³/mol. The van der Waals surface area contributed by atoms with Crippen LogP contribution in [0.1, 0.15) is 23.0 Å². The number of thiophene rings is 1. The highest BCUT2D eigenvalue weighted by atomic mass is 32.1. The van der Waals surface area contributed by atoms with Crippen LogP contribution >= 0.6 is 11.3 Å². The van der Waals surface area contributed by atoms with Crippen LogP contribution in [0.4, 0.5) is 5.69 Å². The number of carbonyl (C=O) groups excluding carboxylic acids is 2. The van der Waals surface area contributed by atoms with Gasteiger partial charge < -0.3 is 14.6 Å². The normalized spacial score (nSPS) is 10.6. The van der Waals surface area contributed by atoms with E-state index in [0.717, 1.165) is 4.88 Å². The minimum atomic E-state index is -0.303. The number of ether oxygens (including phenoxy) is 1. The Morgan fingerprint density at radius 2 is 2.12 bits per heavy atom. The molecule has 0 saturated heterocycles. The van der Waals surface area contributed by atoms with Crippen LogP contribution < -0.4 is 5.32 Å². The van der Waals surface area contributed by atoms with Crippen molar-refractivity contribution in [2.75, 3.05) is 11.9 Å². The summed E-state index contributed by atoms with van der Waals surface area (Å²) in [6, 6.07) is 12.4. The highest BCUT2D eigenvalue weighted by molar-refractivity contribution is 7.13. The Labute approximate surface area is 148 Å². The van der Waals surface area contributed by atoms with Crippen molar-refractivity contribution in [3.63, 3.8) is 0 Å². The van der Waals surface area contributed by atoms with Crippen molar-refractivity contribution in [1.29, 1.82) is 0 Å². The van der Waals surface area contributed by atoms with Gasteiger partial charge in [-0.3, -0.25) is 9.59 Å². The Balaban J connectivity index is 1.48. The van der Waals surface area contributed by atoms with Gasteiger partial charge in [-0.25, -0.2) is 0 Å². The first-order chi connectivity index (χ1) is 12.1. The summed E-state index contributed by atoms with van der Waals surface area (Å²) in [6.45, 7) is 1.54. The molecule has 25 heavy (non-hydrogen) atoms. The molecule has 3 aromatic rings. The molecule has 128 valence electrons. The number of benzene rings is 1. The Morgan fingerprint density at radius 3 is 2.88 bits per heavy atom. The number of hydrogen-bond donors (Lipinski definition) is 1. The molecule has 0 aliphatic rings. The van der Waals surface area contributed by atoms with Gasteiger partial charge in [-0.05, 0) is 30.5 Å². The van der Waals surface area contributed by atoms with Crippen LogP contribution in [0.15, 0.2) is 52.4 Å². The lowest BCUT2D eigenvalue weighted by Crippen LogP contribution is -2.18. The molecule has 0 unspecified atom stereocenters. The second-order valence-electron chi connectivity index (χ2n) is 5.34. The smallest absolute Gasteiger partial charge is 0.250 e. The Bertz CT molecular complexity index is 871. The van der Waals surface area contributed by atoms with Crippen molar-refractivity contribution < 1.29 is 18.8 Å². The maximum atomic E-state index is 11.9. The molecule has 1 N–H and O–H groups in total. The van der Waals surface area contributed by atoms with E-state index >= 15 is 0 Å². The molecule has 1 aromatic carbocycles. The van der Waals surface area contributed by atoms with Gasteiger partial charge in [0.15, 0.2) is 11.5 Å². The monoisotopic (exact) mass is 356 g/mol. The van der Waals surface area contributed by atoms with Gasteiger partial charge in [0.1, 0.15) is 12.3 Å². The zero-order chi connectivity index (χ0) is 17.6. The summed E-state index contributed by atoms with van der Waals surface area (Å²) in [5.74, 6) is 0.321. The van der Waals surface area contributed by atoms with E-state index < -0.39 is 0 Å². The topological polar surface area (TPSA) is 81.4 Å². The lowest BCUT2D eigenvalue weighted by Gasteiger charge is -2.06. The Morgan fingerprint density at radius 1 is 1.24 bits per heavy atom. The molecule has 2 heterocycles. The number of carbonyl (C=O) groups is 2. The fraction of sp³-hybridized carbons (Fsp3) is 0.167. The molecule has 0 aliphatic heterocycles. The molecular weight excluding hydrogens is 340 g/mol. The molecule has 0 spiro atoms. The maximum absolute atomic E-state index is 11.9. The van der Waals surface area contributed by atoms with E-state index in [9.17, 15) is 9.59 Å². The molecule has 1 amide bonds. The van der Waals surface area contributed by atoms with Gasteiger partial charge in [0, 0.05) is 17.3 Å².